The molecule has 0 saturated carbocycles. The Kier molecular flexibility index (Phi) is 5.82. The maximum atomic E-state index is 12.0. The molecule has 16 heavy (non-hydrogen) atoms. The van der Waals surface area contributed by atoms with Crippen LogP contribution in [0.1, 0.15) is 18.0 Å². The van der Waals surface area contributed by atoms with Crippen LogP contribution < -0.4 is 5.73 Å². The van der Waals surface area contributed by atoms with Crippen molar-refractivity contribution in [2.75, 3.05) is 0 Å². The van der Waals surface area contributed by atoms with Gasteiger partial charge in [0.1, 0.15) is 10.3 Å². The Balaban J connectivity index is 0.00000225. The van der Waals surface area contributed by atoms with Gasteiger partial charge in [-0.2, -0.15) is 13.2 Å². The Morgan fingerprint density at radius 3 is 2.31 bits per heavy atom. The first-order valence-electron chi connectivity index (χ1n) is 3.94. The highest BCUT2D eigenvalue weighted by molar-refractivity contribution is 6.32. The van der Waals surface area contributed by atoms with E-state index in [1.807, 2.05) is 0 Å². The molecule has 92 valence electrons. The van der Waals surface area contributed by atoms with E-state index in [9.17, 15) is 13.2 Å². The molecule has 1 aromatic heterocycles. The fourth-order valence-electron chi connectivity index (χ4n) is 1.06. The summed E-state index contributed by atoms with van der Waals surface area (Å²) in [6.07, 6.45) is -5.47. The van der Waals surface area contributed by atoms with Crippen molar-refractivity contribution >= 4 is 35.6 Å². The van der Waals surface area contributed by atoms with Crippen LogP contribution in [0.3, 0.4) is 0 Å². The minimum atomic E-state index is -4.33. The van der Waals surface area contributed by atoms with Gasteiger partial charge in [0.05, 0.1) is 6.42 Å². The molecular formula is C8H8Cl3F3N2. The summed E-state index contributed by atoms with van der Waals surface area (Å²) in [6, 6.07) is 1.47. The first-order chi connectivity index (χ1) is 6.79. The van der Waals surface area contributed by atoms with Crippen LogP contribution in [0.25, 0.3) is 0 Å². The fraction of sp³-hybridized carbons (Fsp3) is 0.375. The normalized spacial score (nSPS) is 13.1. The molecule has 0 aliphatic carbocycles. The molecule has 1 heterocycles. The zero-order chi connectivity index (χ0) is 11.6. The summed E-state index contributed by atoms with van der Waals surface area (Å²) in [5.74, 6) is 0. The van der Waals surface area contributed by atoms with Crippen molar-refractivity contribution in [2.24, 2.45) is 5.73 Å². The smallest absolute Gasteiger partial charge is 0.324 e. The van der Waals surface area contributed by atoms with E-state index >= 15 is 0 Å². The van der Waals surface area contributed by atoms with Gasteiger partial charge in [-0.1, -0.05) is 29.3 Å². The van der Waals surface area contributed by atoms with Crippen LogP contribution in [-0.2, 0) is 0 Å². The third kappa shape index (κ3) is 4.74. The standard InChI is InChI=1S/C8H7Cl2F3N2.ClH/c9-6-2-1-4(7(10)15-6)5(14)3-8(11,12)13;/h1-2,5H,3,14H2;1H/t5-;/m1./s1. The van der Waals surface area contributed by atoms with Crippen molar-refractivity contribution in [3.63, 3.8) is 0 Å². The number of alkyl halides is 3. The molecule has 0 bridgehead atoms. The molecule has 0 aliphatic heterocycles. The van der Waals surface area contributed by atoms with E-state index in [4.69, 9.17) is 28.9 Å². The Hall–Kier alpha value is -0.230. The van der Waals surface area contributed by atoms with Crippen molar-refractivity contribution in [3.05, 3.63) is 28.0 Å². The van der Waals surface area contributed by atoms with Gasteiger partial charge in [-0.3, -0.25) is 0 Å². The minimum Gasteiger partial charge on any atom is -0.324 e. The van der Waals surface area contributed by atoms with Crippen LogP contribution in [0.15, 0.2) is 12.1 Å². The molecule has 8 heteroatoms. The van der Waals surface area contributed by atoms with Crippen molar-refractivity contribution in [1.29, 1.82) is 0 Å². The van der Waals surface area contributed by atoms with Crippen LogP contribution in [0.2, 0.25) is 10.3 Å². The average Bonchev–Trinajstić information content (AvgIpc) is 1.99. The topological polar surface area (TPSA) is 38.9 Å². The van der Waals surface area contributed by atoms with E-state index in [0.29, 0.717) is 0 Å². The molecule has 2 N–H and O–H groups in total. The van der Waals surface area contributed by atoms with Gasteiger partial charge in [-0.05, 0) is 6.07 Å². The van der Waals surface area contributed by atoms with Crippen molar-refractivity contribution in [2.45, 2.75) is 18.6 Å². The van der Waals surface area contributed by atoms with Crippen molar-refractivity contribution < 1.29 is 13.2 Å². The third-order valence-corrected chi connectivity index (χ3v) is 2.21. The number of nitrogens with two attached hydrogens (primary N) is 1. The van der Waals surface area contributed by atoms with Gasteiger partial charge in [0.25, 0.3) is 0 Å². The van der Waals surface area contributed by atoms with Gasteiger partial charge in [0, 0.05) is 11.6 Å². The second-order valence-electron chi connectivity index (χ2n) is 2.94. The number of hydrogen-bond donors (Lipinski definition) is 1. The zero-order valence-electron chi connectivity index (χ0n) is 7.76. The van der Waals surface area contributed by atoms with E-state index in [-0.39, 0.29) is 28.3 Å². The fourth-order valence-corrected chi connectivity index (χ4v) is 1.54. The van der Waals surface area contributed by atoms with Crippen LogP contribution >= 0.6 is 35.6 Å². The highest BCUT2D eigenvalue weighted by atomic mass is 35.5. The van der Waals surface area contributed by atoms with Gasteiger partial charge in [0.15, 0.2) is 0 Å². The average molecular weight is 296 g/mol. The SMILES string of the molecule is Cl.N[C@H](CC(F)(F)F)c1ccc(Cl)nc1Cl. The maximum Gasteiger partial charge on any atom is 0.390 e. The first-order valence-corrected chi connectivity index (χ1v) is 4.69. The number of rotatable bonds is 2. The quantitative estimate of drug-likeness (QED) is 0.844. The Bertz CT molecular complexity index is 357. The Morgan fingerprint density at radius 2 is 1.88 bits per heavy atom. The summed E-state index contributed by atoms with van der Waals surface area (Å²) >= 11 is 11.1. The van der Waals surface area contributed by atoms with Gasteiger partial charge >= 0.3 is 6.18 Å². The number of pyridine rings is 1. The van der Waals surface area contributed by atoms with Crippen LogP contribution in [0.5, 0.6) is 0 Å². The largest absolute Gasteiger partial charge is 0.390 e. The molecule has 0 unspecified atom stereocenters. The summed E-state index contributed by atoms with van der Waals surface area (Å²) < 4.78 is 36.1. The highest BCUT2D eigenvalue weighted by Crippen LogP contribution is 2.30. The van der Waals surface area contributed by atoms with Gasteiger partial charge < -0.3 is 5.73 Å². The molecule has 0 radical (unpaired) electrons. The minimum absolute atomic E-state index is 0. The molecule has 1 rings (SSSR count). The van der Waals surface area contributed by atoms with Crippen molar-refractivity contribution in [3.8, 4) is 0 Å². The number of hydrogen-bond acceptors (Lipinski definition) is 2. The molecule has 0 aromatic carbocycles. The van der Waals surface area contributed by atoms with E-state index < -0.39 is 18.6 Å². The Labute approximate surface area is 106 Å². The van der Waals surface area contributed by atoms with Crippen LogP contribution in [-0.4, -0.2) is 11.2 Å². The lowest BCUT2D eigenvalue weighted by Crippen LogP contribution is -2.20. The molecule has 1 atom stereocenters. The monoisotopic (exact) mass is 294 g/mol. The molecule has 0 spiro atoms. The van der Waals surface area contributed by atoms with E-state index in [1.165, 1.54) is 12.1 Å². The van der Waals surface area contributed by atoms with Crippen molar-refractivity contribution in [1.82, 2.24) is 4.98 Å². The van der Waals surface area contributed by atoms with E-state index in [1.54, 1.807) is 0 Å². The number of halogens is 6. The number of aromatic nitrogens is 1. The molecule has 1 aromatic rings. The Morgan fingerprint density at radius 1 is 1.31 bits per heavy atom. The van der Waals surface area contributed by atoms with Crippen LogP contribution in [0.4, 0.5) is 13.2 Å². The summed E-state index contributed by atoms with van der Waals surface area (Å²) in [5, 5.41) is 0.0159. The zero-order valence-corrected chi connectivity index (χ0v) is 10.1. The number of nitrogens with zero attached hydrogens (tertiary/aromatic N) is 1. The maximum absolute atomic E-state index is 12.0. The molecular weight excluding hydrogens is 287 g/mol. The van der Waals surface area contributed by atoms with Gasteiger partial charge in [-0.15, -0.1) is 12.4 Å². The third-order valence-electron chi connectivity index (χ3n) is 1.69. The molecule has 0 saturated heterocycles. The highest BCUT2D eigenvalue weighted by Gasteiger charge is 2.31. The molecule has 0 fully saturated rings. The summed E-state index contributed by atoms with van der Waals surface area (Å²) in [4.78, 5) is 3.61. The summed E-state index contributed by atoms with van der Waals surface area (Å²) in [6.45, 7) is 0. The second-order valence-corrected chi connectivity index (χ2v) is 3.69. The van der Waals surface area contributed by atoms with Gasteiger partial charge in [-0.25, -0.2) is 4.98 Å². The van der Waals surface area contributed by atoms with Gasteiger partial charge in [0.2, 0.25) is 0 Å². The predicted octanol–water partition coefficient (Wildman–Crippen LogP) is 3.76. The summed E-state index contributed by atoms with van der Waals surface area (Å²) in [7, 11) is 0. The van der Waals surface area contributed by atoms with E-state index in [0.717, 1.165) is 0 Å². The van der Waals surface area contributed by atoms with E-state index in [2.05, 4.69) is 4.98 Å². The molecule has 0 amide bonds. The molecule has 2 nitrogen and oxygen atoms in total. The van der Waals surface area contributed by atoms with Crippen LogP contribution in [0, 0.1) is 0 Å². The molecule has 0 aliphatic rings. The lowest BCUT2D eigenvalue weighted by Gasteiger charge is -2.15. The lowest BCUT2D eigenvalue weighted by atomic mass is 10.1. The second kappa shape index (κ2) is 5.91. The predicted molar refractivity (Wildman–Crippen MR) is 59.1 cm³/mol. The summed E-state index contributed by atoms with van der Waals surface area (Å²) in [5.41, 5.74) is 5.48. The first kappa shape index (κ1) is 15.8. The lowest BCUT2D eigenvalue weighted by molar-refractivity contribution is -0.138.